The number of benzene rings is 1. The zero-order valence-electron chi connectivity index (χ0n) is 12.0. The van der Waals surface area contributed by atoms with E-state index in [2.05, 4.69) is 12.2 Å². The average Bonchev–Trinajstić information content (AvgIpc) is 2.40. The van der Waals surface area contributed by atoms with Crippen LogP contribution >= 0.6 is 11.6 Å². The molecule has 0 bridgehead atoms. The first-order valence-corrected chi connectivity index (χ1v) is 7.54. The van der Waals surface area contributed by atoms with E-state index in [0.29, 0.717) is 5.41 Å². The lowest BCUT2D eigenvalue weighted by atomic mass is 9.76. The van der Waals surface area contributed by atoms with Crippen LogP contribution in [0.25, 0.3) is 0 Å². The quantitative estimate of drug-likeness (QED) is 0.863. The lowest BCUT2D eigenvalue weighted by Crippen LogP contribution is -2.33. The van der Waals surface area contributed by atoms with Crippen LogP contribution < -0.4 is 10.1 Å². The van der Waals surface area contributed by atoms with E-state index < -0.39 is 0 Å². The molecule has 1 aromatic carbocycles. The number of halogens is 1. The third-order valence-electron chi connectivity index (χ3n) is 4.17. The maximum absolute atomic E-state index is 6.05. The van der Waals surface area contributed by atoms with Crippen molar-refractivity contribution in [2.45, 2.75) is 45.6 Å². The Morgan fingerprint density at radius 1 is 1.26 bits per heavy atom. The molecule has 1 N–H and O–H groups in total. The third-order valence-corrected chi connectivity index (χ3v) is 4.41. The number of methoxy groups -OCH3 is 1. The molecule has 1 saturated carbocycles. The van der Waals surface area contributed by atoms with Gasteiger partial charge in [-0.25, -0.2) is 0 Å². The highest BCUT2D eigenvalue weighted by molar-refractivity contribution is 6.30. The van der Waals surface area contributed by atoms with Gasteiger partial charge >= 0.3 is 0 Å². The first kappa shape index (κ1) is 14.7. The molecule has 1 aliphatic carbocycles. The maximum atomic E-state index is 6.05. The first-order chi connectivity index (χ1) is 9.13. The van der Waals surface area contributed by atoms with E-state index in [4.69, 9.17) is 16.3 Å². The standard InChI is InChI=1S/C16H24ClNO/c1-16(8-4-3-5-9-16)12-18-11-13-10-14(17)6-7-15(13)19-2/h6-7,10,18H,3-5,8-9,11-12H2,1-2H3. The number of hydrogen-bond acceptors (Lipinski definition) is 2. The number of ether oxygens (including phenoxy) is 1. The minimum absolute atomic E-state index is 0.462. The Hall–Kier alpha value is -0.730. The minimum atomic E-state index is 0.462. The topological polar surface area (TPSA) is 21.3 Å². The molecule has 0 aromatic heterocycles. The van der Waals surface area contributed by atoms with Crippen molar-refractivity contribution >= 4 is 11.6 Å². The minimum Gasteiger partial charge on any atom is -0.496 e. The van der Waals surface area contributed by atoms with Crippen molar-refractivity contribution in [2.75, 3.05) is 13.7 Å². The monoisotopic (exact) mass is 281 g/mol. The smallest absolute Gasteiger partial charge is 0.123 e. The highest BCUT2D eigenvalue weighted by atomic mass is 35.5. The molecule has 1 fully saturated rings. The largest absolute Gasteiger partial charge is 0.496 e. The van der Waals surface area contributed by atoms with Crippen molar-refractivity contribution in [1.82, 2.24) is 5.32 Å². The molecule has 2 rings (SSSR count). The Bertz CT molecular complexity index is 413. The Labute approximate surface area is 121 Å². The second kappa shape index (κ2) is 6.62. The summed E-state index contributed by atoms with van der Waals surface area (Å²) in [4.78, 5) is 0. The van der Waals surface area contributed by atoms with Gasteiger partial charge in [0.1, 0.15) is 5.75 Å². The molecule has 0 amide bonds. The van der Waals surface area contributed by atoms with Gasteiger partial charge in [-0.1, -0.05) is 37.8 Å². The van der Waals surface area contributed by atoms with Gasteiger partial charge in [-0.3, -0.25) is 0 Å². The SMILES string of the molecule is COc1ccc(Cl)cc1CNCC1(C)CCCCC1. The predicted molar refractivity (Wildman–Crippen MR) is 80.9 cm³/mol. The summed E-state index contributed by atoms with van der Waals surface area (Å²) in [6.45, 7) is 4.29. The zero-order chi connectivity index (χ0) is 13.7. The van der Waals surface area contributed by atoms with E-state index in [-0.39, 0.29) is 0 Å². The fourth-order valence-corrected chi connectivity index (χ4v) is 3.16. The molecule has 3 heteroatoms. The lowest BCUT2D eigenvalue weighted by Gasteiger charge is -2.33. The van der Waals surface area contributed by atoms with E-state index in [9.17, 15) is 0 Å². The molecule has 1 aliphatic rings. The Morgan fingerprint density at radius 3 is 2.68 bits per heavy atom. The zero-order valence-corrected chi connectivity index (χ0v) is 12.7. The summed E-state index contributed by atoms with van der Waals surface area (Å²) in [5, 5.41) is 4.34. The number of hydrogen-bond donors (Lipinski definition) is 1. The van der Waals surface area contributed by atoms with Crippen LogP contribution in [0.3, 0.4) is 0 Å². The van der Waals surface area contributed by atoms with E-state index in [0.717, 1.165) is 29.4 Å². The van der Waals surface area contributed by atoms with Crippen LogP contribution in [0, 0.1) is 5.41 Å². The van der Waals surface area contributed by atoms with Gasteiger partial charge < -0.3 is 10.1 Å². The third kappa shape index (κ3) is 4.12. The Morgan fingerprint density at radius 2 is 2.00 bits per heavy atom. The first-order valence-electron chi connectivity index (χ1n) is 7.16. The van der Waals surface area contributed by atoms with Crippen molar-refractivity contribution in [2.24, 2.45) is 5.41 Å². The molecule has 0 spiro atoms. The molecular formula is C16H24ClNO. The fraction of sp³-hybridized carbons (Fsp3) is 0.625. The molecule has 0 unspecified atom stereocenters. The Balaban J connectivity index is 1.90. The van der Waals surface area contributed by atoms with Gasteiger partial charge in [0.2, 0.25) is 0 Å². The molecule has 1 aromatic rings. The summed E-state index contributed by atoms with van der Waals surface area (Å²) in [5.41, 5.74) is 1.60. The van der Waals surface area contributed by atoms with Crippen LogP contribution in [0.2, 0.25) is 5.02 Å². The van der Waals surface area contributed by atoms with Crippen molar-refractivity contribution in [3.8, 4) is 5.75 Å². The van der Waals surface area contributed by atoms with Crippen LogP contribution in [0.4, 0.5) is 0 Å². The van der Waals surface area contributed by atoms with Gasteiger partial charge in [0.05, 0.1) is 7.11 Å². The van der Waals surface area contributed by atoms with E-state index in [1.54, 1.807) is 7.11 Å². The lowest BCUT2D eigenvalue weighted by molar-refractivity contribution is 0.207. The van der Waals surface area contributed by atoms with E-state index in [1.165, 1.54) is 32.1 Å². The van der Waals surface area contributed by atoms with Gasteiger partial charge in [-0.15, -0.1) is 0 Å². The molecule has 106 valence electrons. The molecule has 0 aliphatic heterocycles. The average molecular weight is 282 g/mol. The highest BCUT2D eigenvalue weighted by Gasteiger charge is 2.26. The summed E-state index contributed by atoms with van der Waals surface area (Å²) in [6.07, 6.45) is 6.83. The normalized spacial score (nSPS) is 18.3. The van der Waals surface area contributed by atoms with Crippen LogP contribution in [0.5, 0.6) is 5.75 Å². The summed E-state index contributed by atoms with van der Waals surface area (Å²) in [7, 11) is 1.70. The van der Waals surface area contributed by atoms with E-state index in [1.807, 2.05) is 18.2 Å². The van der Waals surface area contributed by atoms with Crippen LogP contribution in [-0.4, -0.2) is 13.7 Å². The Kier molecular flexibility index (Phi) is 5.12. The maximum Gasteiger partial charge on any atom is 0.123 e. The van der Waals surface area contributed by atoms with Gasteiger partial charge in [-0.05, 0) is 36.5 Å². The molecule has 0 saturated heterocycles. The molecule has 2 nitrogen and oxygen atoms in total. The highest BCUT2D eigenvalue weighted by Crippen LogP contribution is 2.35. The molecule has 0 radical (unpaired) electrons. The van der Waals surface area contributed by atoms with Crippen molar-refractivity contribution in [3.05, 3.63) is 28.8 Å². The summed E-state index contributed by atoms with van der Waals surface area (Å²) < 4.78 is 5.37. The molecule has 0 atom stereocenters. The van der Waals surface area contributed by atoms with Crippen molar-refractivity contribution < 1.29 is 4.74 Å². The van der Waals surface area contributed by atoms with Gasteiger partial charge in [0, 0.05) is 23.7 Å². The number of rotatable bonds is 5. The van der Waals surface area contributed by atoms with Crippen LogP contribution in [-0.2, 0) is 6.54 Å². The molecule has 0 heterocycles. The fourth-order valence-electron chi connectivity index (χ4n) is 2.97. The number of nitrogens with one attached hydrogen (secondary N) is 1. The van der Waals surface area contributed by atoms with Crippen LogP contribution in [0.15, 0.2) is 18.2 Å². The van der Waals surface area contributed by atoms with Gasteiger partial charge in [0.15, 0.2) is 0 Å². The van der Waals surface area contributed by atoms with E-state index >= 15 is 0 Å². The summed E-state index contributed by atoms with van der Waals surface area (Å²) in [5.74, 6) is 0.908. The molecular weight excluding hydrogens is 258 g/mol. The second-order valence-corrected chi connectivity index (χ2v) is 6.37. The summed E-state index contributed by atoms with van der Waals surface area (Å²) in [6, 6.07) is 5.78. The summed E-state index contributed by atoms with van der Waals surface area (Å²) >= 11 is 6.05. The van der Waals surface area contributed by atoms with Crippen molar-refractivity contribution in [3.63, 3.8) is 0 Å². The van der Waals surface area contributed by atoms with Crippen LogP contribution in [0.1, 0.15) is 44.6 Å². The molecule has 19 heavy (non-hydrogen) atoms. The predicted octanol–water partition coefficient (Wildman–Crippen LogP) is 4.41. The second-order valence-electron chi connectivity index (χ2n) is 5.93. The van der Waals surface area contributed by atoms with Gasteiger partial charge in [0.25, 0.3) is 0 Å². The van der Waals surface area contributed by atoms with Crippen molar-refractivity contribution in [1.29, 1.82) is 0 Å². The van der Waals surface area contributed by atoms with Gasteiger partial charge in [-0.2, -0.15) is 0 Å².